The lowest BCUT2D eigenvalue weighted by molar-refractivity contribution is -0.131. The number of nitrogens with zero attached hydrogens (tertiary/aromatic N) is 2. The number of alkyl carbamates (subject to hydrolysis) is 1. The molecule has 0 aliphatic carbocycles. The van der Waals surface area contributed by atoms with Gasteiger partial charge in [-0.2, -0.15) is 0 Å². The van der Waals surface area contributed by atoms with E-state index in [-0.39, 0.29) is 18.4 Å². The van der Waals surface area contributed by atoms with E-state index in [4.69, 9.17) is 4.42 Å². The zero-order valence-corrected chi connectivity index (χ0v) is 11.7. The summed E-state index contributed by atoms with van der Waals surface area (Å²) < 4.78 is 9.46. The Labute approximate surface area is 121 Å². The first-order chi connectivity index (χ1) is 10.1. The molecule has 8 heteroatoms. The van der Waals surface area contributed by atoms with Gasteiger partial charge in [-0.05, 0) is 12.1 Å². The molecule has 1 aromatic heterocycles. The fraction of sp³-hybridized carbons (Fsp3) is 0.462. The summed E-state index contributed by atoms with van der Waals surface area (Å²) in [5, 5.41) is 2.34. The summed E-state index contributed by atoms with van der Waals surface area (Å²) in [6, 6.07) is 3.27. The van der Waals surface area contributed by atoms with Gasteiger partial charge < -0.3 is 24.3 Å². The van der Waals surface area contributed by atoms with E-state index in [1.807, 2.05) is 0 Å². The first-order valence-electron chi connectivity index (χ1n) is 6.54. The third-order valence-electron chi connectivity index (χ3n) is 3.22. The molecule has 2 rings (SSSR count). The third kappa shape index (κ3) is 3.74. The van der Waals surface area contributed by atoms with Gasteiger partial charge in [0.2, 0.25) is 5.91 Å². The average Bonchev–Trinajstić information content (AvgIpc) is 3.06. The van der Waals surface area contributed by atoms with E-state index >= 15 is 0 Å². The maximum Gasteiger partial charge on any atom is 0.407 e. The normalized spacial score (nSPS) is 14.7. The predicted molar refractivity (Wildman–Crippen MR) is 71.6 cm³/mol. The molecule has 0 bridgehead atoms. The highest BCUT2D eigenvalue weighted by molar-refractivity contribution is 5.91. The predicted octanol–water partition coefficient (Wildman–Crippen LogP) is -0.0800. The molecule has 1 fully saturated rings. The van der Waals surface area contributed by atoms with Crippen LogP contribution in [0.15, 0.2) is 22.8 Å². The highest BCUT2D eigenvalue weighted by Gasteiger charge is 2.26. The van der Waals surface area contributed by atoms with Gasteiger partial charge in [-0.1, -0.05) is 0 Å². The summed E-state index contributed by atoms with van der Waals surface area (Å²) in [4.78, 5) is 38.0. The van der Waals surface area contributed by atoms with Crippen LogP contribution in [0, 0.1) is 0 Å². The molecule has 1 aromatic rings. The molecule has 1 saturated heterocycles. The summed E-state index contributed by atoms with van der Waals surface area (Å²) in [5.41, 5.74) is 0. The van der Waals surface area contributed by atoms with Crippen LogP contribution in [0.1, 0.15) is 10.6 Å². The van der Waals surface area contributed by atoms with Crippen LogP contribution in [-0.2, 0) is 9.53 Å². The molecule has 0 spiro atoms. The molecule has 3 amide bonds. The molecule has 0 atom stereocenters. The Hall–Kier alpha value is -2.51. The molecule has 1 N–H and O–H groups in total. The lowest BCUT2D eigenvalue weighted by Crippen LogP contribution is -2.52. The van der Waals surface area contributed by atoms with Gasteiger partial charge in [0.25, 0.3) is 5.91 Å². The van der Waals surface area contributed by atoms with Crippen LogP contribution in [0.5, 0.6) is 0 Å². The molecule has 114 valence electrons. The van der Waals surface area contributed by atoms with Crippen molar-refractivity contribution in [1.82, 2.24) is 15.1 Å². The summed E-state index contributed by atoms with van der Waals surface area (Å²) in [6.07, 6.45) is 0.806. The second-order valence-corrected chi connectivity index (χ2v) is 4.50. The minimum absolute atomic E-state index is 0.112. The molecular weight excluding hydrogens is 278 g/mol. The van der Waals surface area contributed by atoms with Crippen LogP contribution in [0.25, 0.3) is 0 Å². The number of carbonyl (C=O) groups excluding carboxylic acids is 3. The molecule has 8 nitrogen and oxygen atoms in total. The van der Waals surface area contributed by atoms with Crippen LogP contribution in [0.3, 0.4) is 0 Å². The lowest BCUT2D eigenvalue weighted by Gasteiger charge is -2.34. The van der Waals surface area contributed by atoms with E-state index in [2.05, 4.69) is 10.1 Å². The van der Waals surface area contributed by atoms with Gasteiger partial charge in [0.15, 0.2) is 5.76 Å². The van der Waals surface area contributed by atoms with E-state index < -0.39 is 6.09 Å². The van der Waals surface area contributed by atoms with Crippen molar-refractivity contribution < 1.29 is 23.5 Å². The van der Waals surface area contributed by atoms with Gasteiger partial charge in [0.05, 0.1) is 13.4 Å². The lowest BCUT2D eigenvalue weighted by atomic mass is 10.2. The molecule has 0 radical (unpaired) electrons. The van der Waals surface area contributed by atoms with Crippen LogP contribution in [0.4, 0.5) is 4.79 Å². The molecular formula is C13H17N3O5. The zero-order chi connectivity index (χ0) is 15.2. The fourth-order valence-electron chi connectivity index (χ4n) is 2.05. The van der Waals surface area contributed by atoms with Gasteiger partial charge in [-0.25, -0.2) is 4.79 Å². The number of ether oxygens (including phenoxy) is 1. The standard InChI is InChI=1S/C13H17N3O5/c1-20-13(19)14-9-11(17)15-4-6-16(7-5-15)12(18)10-3-2-8-21-10/h2-3,8H,4-7,9H2,1H3,(H,14,19). The summed E-state index contributed by atoms with van der Waals surface area (Å²) in [5.74, 6) is -0.0904. The van der Waals surface area contributed by atoms with Crippen molar-refractivity contribution in [1.29, 1.82) is 0 Å². The monoisotopic (exact) mass is 295 g/mol. The molecule has 1 aliphatic heterocycles. The van der Waals surface area contributed by atoms with Crippen molar-refractivity contribution in [3.05, 3.63) is 24.2 Å². The van der Waals surface area contributed by atoms with Crippen molar-refractivity contribution in [2.45, 2.75) is 0 Å². The zero-order valence-electron chi connectivity index (χ0n) is 11.7. The number of furan rings is 1. The van der Waals surface area contributed by atoms with Gasteiger partial charge in [0.1, 0.15) is 6.54 Å². The average molecular weight is 295 g/mol. The third-order valence-corrected chi connectivity index (χ3v) is 3.22. The Morgan fingerprint density at radius 2 is 1.90 bits per heavy atom. The van der Waals surface area contributed by atoms with Crippen LogP contribution in [-0.4, -0.2) is 67.5 Å². The Bertz CT molecular complexity index is 506. The second-order valence-electron chi connectivity index (χ2n) is 4.50. The van der Waals surface area contributed by atoms with Crippen molar-refractivity contribution in [2.75, 3.05) is 39.8 Å². The van der Waals surface area contributed by atoms with E-state index in [0.29, 0.717) is 31.9 Å². The number of nitrogens with one attached hydrogen (secondary N) is 1. The van der Waals surface area contributed by atoms with Crippen LogP contribution in [0.2, 0.25) is 0 Å². The van der Waals surface area contributed by atoms with Gasteiger partial charge in [0, 0.05) is 26.2 Å². The minimum atomic E-state index is -0.644. The molecule has 1 aliphatic rings. The molecule has 0 aromatic carbocycles. The first kappa shape index (κ1) is 14.9. The molecule has 0 saturated carbocycles. The Morgan fingerprint density at radius 1 is 1.24 bits per heavy atom. The number of amides is 3. The number of rotatable bonds is 3. The van der Waals surface area contributed by atoms with E-state index in [0.717, 1.165) is 0 Å². The second kappa shape index (κ2) is 6.78. The quantitative estimate of drug-likeness (QED) is 0.842. The summed E-state index contributed by atoms with van der Waals surface area (Å²) in [7, 11) is 1.23. The number of methoxy groups -OCH3 is 1. The van der Waals surface area contributed by atoms with E-state index in [1.165, 1.54) is 13.4 Å². The maximum absolute atomic E-state index is 12.0. The first-order valence-corrected chi connectivity index (χ1v) is 6.54. The van der Waals surface area contributed by atoms with Gasteiger partial charge >= 0.3 is 6.09 Å². The van der Waals surface area contributed by atoms with Crippen LogP contribution >= 0.6 is 0 Å². The van der Waals surface area contributed by atoms with Gasteiger partial charge in [-0.15, -0.1) is 0 Å². The maximum atomic E-state index is 12.0. The Morgan fingerprint density at radius 3 is 2.48 bits per heavy atom. The largest absolute Gasteiger partial charge is 0.459 e. The Balaban J connectivity index is 1.79. The Kier molecular flexibility index (Phi) is 4.81. The van der Waals surface area contributed by atoms with Crippen molar-refractivity contribution in [3.8, 4) is 0 Å². The van der Waals surface area contributed by atoms with Crippen LogP contribution < -0.4 is 5.32 Å². The van der Waals surface area contributed by atoms with Crippen molar-refractivity contribution in [3.63, 3.8) is 0 Å². The number of hydrogen-bond donors (Lipinski definition) is 1. The van der Waals surface area contributed by atoms with Crippen molar-refractivity contribution >= 4 is 17.9 Å². The topological polar surface area (TPSA) is 92.1 Å². The van der Waals surface area contributed by atoms with Crippen molar-refractivity contribution in [2.24, 2.45) is 0 Å². The van der Waals surface area contributed by atoms with E-state index in [9.17, 15) is 14.4 Å². The minimum Gasteiger partial charge on any atom is -0.459 e. The number of piperazine rings is 1. The highest BCUT2D eigenvalue weighted by Crippen LogP contribution is 2.09. The summed E-state index contributed by atoms with van der Waals surface area (Å²) in [6.45, 7) is 1.61. The number of hydrogen-bond acceptors (Lipinski definition) is 5. The summed E-state index contributed by atoms with van der Waals surface area (Å²) >= 11 is 0. The SMILES string of the molecule is COC(=O)NCC(=O)N1CCN(C(=O)c2ccco2)CC1. The van der Waals surface area contributed by atoms with Gasteiger partial charge in [-0.3, -0.25) is 9.59 Å². The molecule has 21 heavy (non-hydrogen) atoms. The number of carbonyl (C=O) groups is 3. The highest BCUT2D eigenvalue weighted by atomic mass is 16.5. The molecule has 0 unspecified atom stereocenters. The molecule has 2 heterocycles. The van der Waals surface area contributed by atoms with E-state index in [1.54, 1.807) is 21.9 Å². The fourth-order valence-corrected chi connectivity index (χ4v) is 2.05. The smallest absolute Gasteiger partial charge is 0.407 e.